The van der Waals surface area contributed by atoms with E-state index in [9.17, 15) is 13.2 Å². The maximum absolute atomic E-state index is 11.6. The van der Waals surface area contributed by atoms with E-state index in [2.05, 4.69) is 11.6 Å². The first-order valence-electron chi connectivity index (χ1n) is 4.98. The Hall–Kier alpha value is -0.930. The van der Waals surface area contributed by atoms with Crippen molar-refractivity contribution in [3.63, 3.8) is 0 Å². The highest BCUT2D eigenvalue weighted by atomic mass is 32.2. The monoisotopic (exact) mass is 229 g/mol. The van der Waals surface area contributed by atoms with Crippen LogP contribution >= 0.6 is 0 Å². The molecule has 0 bridgehead atoms. The summed E-state index contributed by atoms with van der Waals surface area (Å²) in [6, 6.07) is 0. The van der Waals surface area contributed by atoms with Crippen LogP contribution < -0.4 is 0 Å². The van der Waals surface area contributed by atoms with Gasteiger partial charge in [0, 0.05) is 0 Å². The minimum Gasteiger partial charge on any atom is -0.229 e. The summed E-state index contributed by atoms with van der Waals surface area (Å²) < 4.78 is 23.3. The third-order valence-corrected chi connectivity index (χ3v) is 4.87. The minimum absolute atomic E-state index is 0.190. The molecule has 1 unspecified atom stereocenters. The van der Waals surface area contributed by atoms with Crippen molar-refractivity contribution in [2.45, 2.75) is 30.9 Å². The molecule has 15 heavy (non-hydrogen) atoms. The Balaban J connectivity index is 2.56. The van der Waals surface area contributed by atoms with Gasteiger partial charge in [-0.15, -0.1) is 0 Å². The fourth-order valence-electron chi connectivity index (χ4n) is 1.78. The van der Waals surface area contributed by atoms with Gasteiger partial charge in [0.15, 0.2) is 9.84 Å². The van der Waals surface area contributed by atoms with Crippen LogP contribution in [0.3, 0.4) is 0 Å². The van der Waals surface area contributed by atoms with Crippen molar-refractivity contribution in [3.8, 4) is 0 Å². The molecule has 1 aliphatic rings. The molecule has 1 atom stereocenters. The molecule has 0 aliphatic carbocycles. The molecule has 0 saturated carbocycles. The van der Waals surface area contributed by atoms with Crippen LogP contribution in [0.25, 0.3) is 0 Å². The van der Waals surface area contributed by atoms with E-state index in [1.165, 1.54) is 6.08 Å². The third-order valence-electron chi connectivity index (χ3n) is 2.60. The number of hydrogen-bond acceptors (Lipinski definition) is 4. The van der Waals surface area contributed by atoms with Crippen molar-refractivity contribution in [2.75, 3.05) is 12.3 Å². The molecule has 1 rings (SSSR count). The minimum atomic E-state index is -2.94. The highest BCUT2D eigenvalue weighted by molar-refractivity contribution is 7.92. The Bertz CT molecular complexity index is 379. The largest absolute Gasteiger partial charge is 0.235 e. The number of sulfone groups is 1. The summed E-state index contributed by atoms with van der Waals surface area (Å²) >= 11 is 0. The van der Waals surface area contributed by atoms with E-state index in [0.717, 1.165) is 12.8 Å². The Kier molecular flexibility index (Phi) is 4.24. The fraction of sp³-hybridized carbons (Fsp3) is 0.700. The van der Waals surface area contributed by atoms with E-state index in [-0.39, 0.29) is 17.5 Å². The van der Waals surface area contributed by atoms with Crippen LogP contribution in [0.5, 0.6) is 0 Å². The lowest BCUT2D eigenvalue weighted by atomic mass is 10.1. The van der Waals surface area contributed by atoms with Crippen molar-refractivity contribution in [2.24, 2.45) is 4.99 Å². The van der Waals surface area contributed by atoms with Crippen molar-refractivity contribution >= 4 is 15.9 Å². The van der Waals surface area contributed by atoms with Crippen LogP contribution in [0.15, 0.2) is 17.1 Å². The molecule has 5 heteroatoms. The number of rotatable bonds is 4. The van der Waals surface area contributed by atoms with Gasteiger partial charge < -0.3 is 0 Å². The number of aliphatic imine (C=N–C) groups is 1. The van der Waals surface area contributed by atoms with Crippen LogP contribution in [0, 0.1) is 0 Å². The van der Waals surface area contributed by atoms with Crippen molar-refractivity contribution in [3.05, 3.63) is 12.2 Å². The molecule has 0 aromatic heterocycles. The van der Waals surface area contributed by atoms with E-state index in [1.807, 2.05) is 0 Å². The second-order valence-corrected chi connectivity index (χ2v) is 6.25. The molecule has 1 aliphatic heterocycles. The number of isocyanates is 1. The highest BCUT2D eigenvalue weighted by Gasteiger charge is 2.28. The van der Waals surface area contributed by atoms with Crippen LogP contribution in [-0.2, 0) is 14.6 Å². The second-order valence-electron chi connectivity index (χ2n) is 3.85. The molecular weight excluding hydrogens is 214 g/mol. The quantitative estimate of drug-likeness (QED) is 0.414. The molecule has 1 saturated heterocycles. The van der Waals surface area contributed by atoms with E-state index >= 15 is 0 Å². The molecule has 0 radical (unpaired) electrons. The normalized spacial score (nSPS) is 24.1. The average molecular weight is 229 g/mol. The zero-order chi connectivity index (χ0) is 11.3. The molecule has 0 N–H and O–H groups in total. The maximum Gasteiger partial charge on any atom is 0.235 e. The van der Waals surface area contributed by atoms with Gasteiger partial charge >= 0.3 is 0 Å². The second kappa shape index (κ2) is 5.24. The Morgan fingerprint density at radius 1 is 1.47 bits per heavy atom. The summed E-state index contributed by atoms with van der Waals surface area (Å²) in [5.74, 6) is 0.280. The molecule has 0 aromatic carbocycles. The first kappa shape index (κ1) is 12.1. The topological polar surface area (TPSA) is 63.6 Å². The molecule has 1 heterocycles. The summed E-state index contributed by atoms with van der Waals surface area (Å²) in [6.07, 6.45) is 4.26. The Morgan fingerprint density at radius 3 is 2.80 bits per heavy atom. The van der Waals surface area contributed by atoms with Crippen LogP contribution in [0.4, 0.5) is 0 Å². The Labute approximate surface area is 90.0 Å². The first-order valence-corrected chi connectivity index (χ1v) is 6.69. The van der Waals surface area contributed by atoms with E-state index < -0.39 is 9.84 Å². The van der Waals surface area contributed by atoms with E-state index in [1.54, 1.807) is 0 Å². The summed E-state index contributed by atoms with van der Waals surface area (Å²) in [5.41, 5.74) is 0.689. The number of nitrogens with zero attached hydrogens (tertiary/aromatic N) is 1. The molecule has 0 aromatic rings. The van der Waals surface area contributed by atoms with Crippen molar-refractivity contribution in [1.82, 2.24) is 0 Å². The summed E-state index contributed by atoms with van der Waals surface area (Å²) in [4.78, 5) is 13.3. The van der Waals surface area contributed by atoms with Gasteiger partial charge in [-0.25, -0.2) is 18.2 Å². The van der Waals surface area contributed by atoms with Crippen LogP contribution in [0.2, 0.25) is 0 Å². The number of carbonyl (C=O) groups excluding carboxylic acids is 1. The zero-order valence-electron chi connectivity index (χ0n) is 8.61. The standard InChI is InChI=1S/C10H15NO3S/c1-9(7-11-8-12)6-10-4-2-3-5-15(10,13)14/h10H,1-7H2. The third kappa shape index (κ3) is 3.61. The van der Waals surface area contributed by atoms with E-state index in [4.69, 9.17) is 0 Å². The van der Waals surface area contributed by atoms with Gasteiger partial charge in [-0.05, 0) is 19.3 Å². The summed E-state index contributed by atoms with van der Waals surface area (Å²) in [6.45, 7) is 3.90. The lowest BCUT2D eigenvalue weighted by Gasteiger charge is -2.22. The van der Waals surface area contributed by atoms with Gasteiger partial charge in [0.2, 0.25) is 6.08 Å². The van der Waals surface area contributed by atoms with E-state index in [0.29, 0.717) is 18.4 Å². The predicted octanol–water partition coefficient (Wildman–Crippen LogP) is 1.24. The van der Waals surface area contributed by atoms with Crippen molar-refractivity contribution < 1.29 is 13.2 Å². The average Bonchev–Trinajstić information content (AvgIpc) is 2.18. The lowest BCUT2D eigenvalue weighted by Crippen LogP contribution is -2.28. The van der Waals surface area contributed by atoms with Gasteiger partial charge in [0.05, 0.1) is 17.5 Å². The fourth-order valence-corrected chi connectivity index (χ4v) is 3.74. The van der Waals surface area contributed by atoms with Crippen LogP contribution in [-0.4, -0.2) is 32.0 Å². The molecule has 0 amide bonds. The predicted molar refractivity (Wildman–Crippen MR) is 58.2 cm³/mol. The molecular formula is C10H15NO3S. The van der Waals surface area contributed by atoms with Crippen LogP contribution in [0.1, 0.15) is 25.7 Å². The maximum atomic E-state index is 11.6. The summed E-state index contributed by atoms with van der Waals surface area (Å²) in [7, 11) is -2.94. The zero-order valence-corrected chi connectivity index (χ0v) is 9.42. The Morgan fingerprint density at radius 2 is 2.20 bits per heavy atom. The molecule has 1 fully saturated rings. The van der Waals surface area contributed by atoms with Gasteiger partial charge in [0.25, 0.3) is 0 Å². The molecule has 4 nitrogen and oxygen atoms in total. The van der Waals surface area contributed by atoms with Crippen molar-refractivity contribution in [1.29, 1.82) is 0 Å². The number of hydrogen-bond donors (Lipinski definition) is 0. The van der Waals surface area contributed by atoms with Gasteiger partial charge in [0.1, 0.15) is 0 Å². The first-order chi connectivity index (χ1) is 7.06. The molecule has 84 valence electrons. The lowest BCUT2D eigenvalue weighted by molar-refractivity contribution is 0.536. The SMILES string of the molecule is C=C(CN=C=O)CC1CCCCS1(=O)=O. The molecule has 0 spiro atoms. The van der Waals surface area contributed by atoms with Gasteiger partial charge in [-0.3, -0.25) is 0 Å². The van der Waals surface area contributed by atoms with Gasteiger partial charge in [-0.1, -0.05) is 18.6 Å². The van der Waals surface area contributed by atoms with Gasteiger partial charge in [-0.2, -0.15) is 0 Å². The highest BCUT2D eigenvalue weighted by Crippen LogP contribution is 2.24. The smallest absolute Gasteiger partial charge is 0.229 e. The summed E-state index contributed by atoms with van der Waals surface area (Å²) in [5, 5.41) is -0.319.